The molecule has 2 aromatic heterocycles. The number of aromatic nitrogens is 4. The minimum Gasteiger partial charge on any atom is -0.454 e. The van der Waals surface area contributed by atoms with Crippen LogP contribution in [0.2, 0.25) is 0 Å². The summed E-state index contributed by atoms with van der Waals surface area (Å²) in [7, 11) is 4.20. The summed E-state index contributed by atoms with van der Waals surface area (Å²) in [5, 5.41) is 13.2. The number of amides is 1. The van der Waals surface area contributed by atoms with Gasteiger partial charge in [-0.2, -0.15) is 4.52 Å². The average Bonchev–Trinajstić information content (AvgIpc) is 3.30. The largest absolute Gasteiger partial charge is 0.454 e. The number of carbonyl (C=O) groups is 1. The molecule has 1 aliphatic heterocycles. The number of nitrogens with one attached hydrogen (secondary N) is 1. The molecule has 1 N–H and O–H groups in total. The number of hydrogen-bond acceptors (Lipinski definition) is 6. The molecular formula is C20H25N6O3+. The predicted octanol–water partition coefficient (Wildman–Crippen LogP) is 0.279. The van der Waals surface area contributed by atoms with E-state index in [0.717, 1.165) is 48.0 Å². The Labute approximate surface area is 168 Å². The van der Waals surface area contributed by atoms with Crippen molar-refractivity contribution in [2.45, 2.75) is 25.8 Å². The Kier molecular flexibility index (Phi) is 4.46. The predicted molar refractivity (Wildman–Crippen MR) is 105 cm³/mol. The van der Waals surface area contributed by atoms with Gasteiger partial charge in [-0.05, 0) is 35.4 Å². The van der Waals surface area contributed by atoms with E-state index in [1.807, 2.05) is 17.0 Å². The summed E-state index contributed by atoms with van der Waals surface area (Å²) in [4.78, 5) is 16.3. The van der Waals surface area contributed by atoms with Gasteiger partial charge < -0.3 is 19.3 Å². The monoisotopic (exact) mass is 397 g/mol. The number of hydrogen-bond donors (Lipinski definition) is 1. The topological polar surface area (TPSA) is 86.3 Å². The maximum absolute atomic E-state index is 13.1. The van der Waals surface area contributed by atoms with Gasteiger partial charge in [0.1, 0.15) is 0 Å². The number of fused-ring (bicyclic) bond motifs is 4. The molecule has 0 radical (unpaired) electrons. The quantitative estimate of drug-likeness (QED) is 0.643. The number of pyridine rings is 1. The molecule has 0 bridgehead atoms. The first kappa shape index (κ1) is 18.1. The highest BCUT2D eigenvalue weighted by Gasteiger charge is 2.30. The van der Waals surface area contributed by atoms with Crippen molar-refractivity contribution in [3.63, 3.8) is 0 Å². The molecule has 0 unspecified atom stereocenters. The Morgan fingerprint density at radius 2 is 2.03 bits per heavy atom. The van der Waals surface area contributed by atoms with E-state index in [4.69, 9.17) is 9.47 Å². The minimum absolute atomic E-state index is 0.161. The fourth-order valence-electron chi connectivity index (χ4n) is 3.91. The van der Waals surface area contributed by atoms with E-state index < -0.39 is 0 Å². The molecule has 152 valence electrons. The molecule has 5 rings (SSSR count). The third-order valence-electron chi connectivity index (χ3n) is 5.85. The van der Waals surface area contributed by atoms with Crippen LogP contribution in [0.15, 0.2) is 18.2 Å². The van der Waals surface area contributed by atoms with Gasteiger partial charge in [0.15, 0.2) is 17.1 Å². The highest BCUT2D eigenvalue weighted by Crippen LogP contribution is 2.37. The van der Waals surface area contributed by atoms with Crippen molar-refractivity contribution in [3.05, 3.63) is 23.8 Å². The molecule has 9 heteroatoms. The van der Waals surface area contributed by atoms with Crippen LogP contribution in [0, 0.1) is 5.92 Å². The molecule has 2 aliphatic rings. The van der Waals surface area contributed by atoms with E-state index in [-0.39, 0.29) is 18.6 Å². The van der Waals surface area contributed by atoms with Crippen molar-refractivity contribution < 1.29 is 19.2 Å². The maximum atomic E-state index is 13.1. The van der Waals surface area contributed by atoms with Crippen LogP contribution in [0.5, 0.6) is 11.5 Å². The van der Waals surface area contributed by atoms with Gasteiger partial charge in [0.25, 0.3) is 0 Å². The number of rotatable bonds is 6. The molecule has 0 spiro atoms. The number of nitrogens with zero attached hydrogens (tertiary/aromatic N) is 5. The summed E-state index contributed by atoms with van der Waals surface area (Å²) in [5.41, 5.74) is 2.45. The average molecular weight is 397 g/mol. The van der Waals surface area contributed by atoms with Gasteiger partial charge >= 0.3 is 0 Å². The summed E-state index contributed by atoms with van der Waals surface area (Å²) in [5.74, 6) is 1.81. The van der Waals surface area contributed by atoms with Crippen molar-refractivity contribution in [2.24, 2.45) is 5.92 Å². The fraction of sp³-hybridized carbons (Fsp3) is 0.500. The first-order valence-electron chi connectivity index (χ1n) is 10.1. The Bertz CT molecular complexity index is 1070. The van der Waals surface area contributed by atoms with Gasteiger partial charge in [-0.25, -0.2) is 0 Å². The first-order chi connectivity index (χ1) is 14.1. The van der Waals surface area contributed by atoms with Crippen LogP contribution in [-0.4, -0.2) is 64.8 Å². The highest BCUT2D eigenvalue weighted by molar-refractivity contribution is 5.87. The summed E-state index contributed by atoms with van der Waals surface area (Å²) in [6, 6.07) is 5.91. The van der Waals surface area contributed by atoms with Gasteiger partial charge in [0, 0.05) is 29.5 Å². The number of ether oxygens (including phenoxy) is 2. The third kappa shape index (κ3) is 3.25. The second-order valence-electron chi connectivity index (χ2n) is 8.19. The zero-order chi connectivity index (χ0) is 20.0. The summed E-state index contributed by atoms with van der Waals surface area (Å²) in [6.07, 6.45) is 3.13. The van der Waals surface area contributed by atoms with Crippen molar-refractivity contribution >= 4 is 22.5 Å². The molecule has 9 nitrogen and oxygen atoms in total. The van der Waals surface area contributed by atoms with E-state index >= 15 is 0 Å². The lowest BCUT2D eigenvalue weighted by Gasteiger charge is -2.32. The molecular weight excluding hydrogens is 372 g/mol. The molecule has 3 heterocycles. The SMILES string of the molecule is C[NH+](C)CCN(Cc1cc2cc3c(cc2n2nnnc12)OCO3)C(=O)C1CCC1. The third-order valence-corrected chi connectivity index (χ3v) is 5.85. The van der Waals surface area contributed by atoms with Crippen molar-refractivity contribution in [3.8, 4) is 11.5 Å². The summed E-state index contributed by atoms with van der Waals surface area (Å²) < 4.78 is 12.7. The zero-order valence-corrected chi connectivity index (χ0v) is 16.7. The van der Waals surface area contributed by atoms with Gasteiger partial charge in [-0.15, -0.1) is 5.10 Å². The van der Waals surface area contributed by atoms with Crippen LogP contribution in [-0.2, 0) is 11.3 Å². The second-order valence-corrected chi connectivity index (χ2v) is 8.19. The normalized spacial score (nSPS) is 16.0. The Morgan fingerprint density at radius 1 is 1.24 bits per heavy atom. The van der Waals surface area contributed by atoms with Gasteiger partial charge in [-0.3, -0.25) is 4.79 Å². The number of tetrazole rings is 1. The van der Waals surface area contributed by atoms with E-state index in [1.165, 1.54) is 4.90 Å². The molecule has 3 aromatic rings. The molecule has 1 aromatic carbocycles. The Balaban J connectivity index is 1.53. The summed E-state index contributed by atoms with van der Waals surface area (Å²) >= 11 is 0. The Hall–Kier alpha value is -2.94. The van der Waals surface area contributed by atoms with Crippen molar-refractivity contribution in [2.75, 3.05) is 34.0 Å². The van der Waals surface area contributed by atoms with Crippen LogP contribution in [0.1, 0.15) is 24.8 Å². The smallest absolute Gasteiger partial charge is 0.231 e. The first-order valence-corrected chi connectivity index (χ1v) is 10.1. The van der Waals surface area contributed by atoms with Crippen LogP contribution < -0.4 is 14.4 Å². The van der Waals surface area contributed by atoms with E-state index in [0.29, 0.717) is 24.5 Å². The maximum Gasteiger partial charge on any atom is 0.231 e. The van der Waals surface area contributed by atoms with Gasteiger partial charge in [0.05, 0.1) is 32.7 Å². The lowest BCUT2D eigenvalue weighted by atomic mass is 9.84. The van der Waals surface area contributed by atoms with Crippen LogP contribution in [0.4, 0.5) is 0 Å². The summed E-state index contributed by atoms with van der Waals surface area (Å²) in [6.45, 7) is 2.32. The molecule has 1 aliphatic carbocycles. The van der Waals surface area contributed by atoms with Gasteiger partial charge in [0.2, 0.25) is 12.7 Å². The molecule has 0 saturated heterocycles. The minimum atomic E-state index is 0.161. The van der Waals surface area contributed by atoms with Gasteiger partial charge in [-0.1, -0.05) is 6.42 Å². The van der Waals surface area contributed by atoms with E-state index in [1.54, 1.807) is 4.52 Å². The second kappa shape index (κ2) is 7.14. The molecule has 1 amide bonds. The number of likely N-dealkylation sites (N-methyl/N-ethyl adjacent to an activating group) is 1. The van der Waals surface area contributed by atoms with E-state index in [9.17, 15) is 4.79 Å². The zero-order valence-electron chi connectivity index (χ0n) is 16.7. The molecule has 1 saturated carbocycles. The number of benzene rings is 1. The molecule has 29 heavy (non-hydrogen) atoms. The number of quaternary nitrogens is 1. The molecule has 1 fully saturated rings. The Morgan fingerprint density at radius 3 is 2.76 bits per heavy atom. The lowest BCUT2D eigenvalue weighted by molar-refractivity contribution is -0.857. The molecule has 0 atom stereocenters. The highest BCUT2D eigenvalue weighted by atomic mass is 16.7. The van der Waals surface area contributed by atoms with Crippen LogP contribution in [0.25, 0.3) is 16.6 Å². The van der Waals surface area contributed by atoms with E-state index in [2.05, 4.69) is 35.7 Å². The van der Waals surface area contributed by atoms with Crippen molar-refractivity contribution in [1.29, 1.82) is 0 Å². The standard InChI is InChI=1S/C20H24N6O3/c1-24(2)6-7-25(20(27)13-4-3-5-13)11-15-8-14-9-17-18(29-12-28-17)10-16(14)26-19(15)21-22-23-26/h8-10,13H,3-7,11-12H2,1-2H3/p+1. The fourth-order valence-corrected chi connectivity index (χ4v) is 3.91. The number of carbonyl (C=O) groups excluding carboxylic acids is 1. The van der Waals surface area contributed by atoms with Crippen molar-refractivity contribution in [1.82, 2.24) is 24.9 Å². The van der Waals surface area contributed by atoms with Crippen LogP contribution >= 0.6 is 0 Å². The van der Waals surface area contributed by atoms with Crippen LogP contribution in [0.3, 0.4) is 0 Å². The lowest BCUT2D eigenvalue weighted by Crippen LogP contribution is -3.06.